The van der Waals surface area contributed by atoms with E-state index >= 15 is 0 Å². The molecule has 0 aromatic heterocycles. The van der Waals surface area contributed by atoms with Gasteiger partial charge >= 0.3 is 0 Å². The van der Waals surface area contributed by atoms with Gasteiger partial charge in [0, 0.05) is 17.0 Å². The second kappa shape index (κ2) is 4.62. The summed E-state index contributed by atoms with van der Waals surface area (Å²) in [6, 6.07) is 4.69. The van der Waals surface area contributed by atoms with Crippen LogP contribution in [0.15, 0.2) is 12.1 Å². The number of aliphatic hydroxyl groups excluding tert-OH is 1. The minimum atomic E-state index is -0.396. The van der Waals surface area contributed by atoms with E-state index < -0.39 is 6.10 Å². The largest absolute Gasteiger partial charge is 0.493 e. The highest BCUT2D eigenvalue weighted by Crippen LogP contribution is 2.60. The van der Waals surface area contributed by atoms with Crippen LogP contribution in [0.2, 0.25) is 0 Å². The molecular formula is C18H25NO3. The highest BCUT2D eigenvalue weighted by molar-refractivity contribution is 5.60. The first-order valence-electron chi connectivity index (χ1n) is 8.20. The molecule has 1 aliphatic heterocycles. The Morgan fingerprint density at radius 1 is 1.32 bits per heavy atom. The highest BCUT2D eigenvalue weighted by Gasteiger charge is 2.61. The molecule has 2 unspecified atom stereocenters. The van der Waals surface area contributed by atoms with E-state index in [1.54, 1.807) is 7.11 Å². The smallest absolute Gasteiger partial charge is 0.165 e. The van der Waals surface area contributed by atoms with Crippen LogP contribution in [-0.4, -0.2) is 49.5 Å². The fraction of sp³-hybridized carbons (Fsp3) is 0.667. The van der Waals surface area contributed by atoms with Crippen molar-refractivity contribution in [3.63, 3.8) is 0 Å². The van der Waals surface area contributed by atoms with Crippen molar-refractivity contribution in [2.24, 2.45) is 5.92 Å². The van der Waals surface area contributed by atoms with Gasteiger partial charge in [-0.05, 0) is 50.9 Å². The Balaban J connectivity index is 1.95. The van der Waals surface area contributed by atoms with Crippen molar-refractivity contribution < 1.29 is 14.6 Å². The van der Waals surface area contributed by atoms with Crippen LogP contribution in [-0.2, 0) is 11.8 Å². The number of aliphatic hydroxyl groups is 1. The van der Waals surface area contributed by atoms with Crippen molar-refractivity contribution in [3.05, 3.63) is 23.3 Å². The van der Waals surface area contributed by atoms with Gasteiger partial charge < -0.3 is 19.5 Å². The van der Waals surface area contributed by atoms with Gasteiger partial charge in [-0.25, -0.2) is 0 Å². The molecule has 4 nitrogen and oxygen atoms in total. The van der Waals surface area contributed by atoms with Gasteiger partial charge in [0.25, 0.3) is 0 Å². The van der Waals surface area contributed by atoms with E-state index in [0.29, 0.717) is 12.0 Å². The average Bonchev–Trinajstić information content (AvgIpc) is 2.81. The maximum absolute atomic E-state index is 10.6. The summed E-state index contributed by atoms with van der Waals surface area (Å²) in [4.78, 5) is 2.34. The van der Waals surface area contributed by atoms with Gasteiger partial charge in [0.15, 0.2) is 11.5 Å². The van der Waals surface area contributed by atoms with Crippen LogP contribution in [0.3, 0.4) is 0 Å². The zero-order valence-electron chi connectivity index (χ0n) is 13.8. The summed E-state index contributed by atoms with van der Waals surface area (Å²) >= 11 is 0. The van der Waals surface area contributed by atoms with Crippen molar-refractivity contribution in [2.75, 3.05) is 21.2 Å². The maximum Gasteiger partial charge on any atom is 0.165 e. The second-order valence-electron chi connectivity index (χ2n) is 7.44. The second-order valence-corrected chi connectivity index (χ2v) is 7.44. The molecule has 0 saturated heterocycles. The normalized spacial score (nSPS) is 38.6. The molecule has 1 N–H and O–H groups in total. The molecule has 1 aromatic rings. The summed E-state index contributed by atoms with van der Waals surface area (Å²) in [5, 5.41) is 10.6. The summed E-state index contributed by atoms with van der Waals surface area (Å²) < 4.78 is 11.8. The molecule has 1 fully saturated rings. The third kappa shape index (κ3) is 1.60. The summed E-state index contributed by atoms with van der Waals surface area (Å²) in [5.41, 5.74) is 2.52. The van der Waals surface area contributed by atoms with Crippen molar-refractivity contribution in [2.45, 2.75) is 49.9 Å². The summed E-state index contributed by atoms with van der Waals surface area (Å²) in [6.45, 7) is 2.29. The van der Waals surface area contributed by atoms with Crippen molar-refractivity contribution in [1.29, 1.82) is 0 Å². The van der Waals surface area contributed by atoms with Gasteiger partial charge in [0.2, 0.25) is 0 Å². The first kappa shape index (κ1) is 14.3. The Kier molecular flexibility index (Phi) is 3.01. The monoisotopic (exact) mass is 303 g/mol. The highest BCUT2D eigenvalue weighted by atomic mass is 16.5. The number of rotatable bonds is 2. The van der Waals surface area contributed by atoms with Gasteiger partial charge in [-0.15, -0.1) is 0 Å². The minimum Gasteiger partial charge on any atom is -0.493 e. The Hall–Kier alpha value is -1.26. The number of benzene rings is 1. The lowest BCUT2D eigenvalue weighted by atomic mass is 9.55. The quantitative estimate of drug-likeness (QED) is 0.907. The van der Waals surface area contributed by atoms with Crippen LogP contribution in [0.25, 0.3) is 0 Å². The van der Waals surface area contributed by atoms with Crippen molar-refractivity contribution >= 4 is 0 Å². The molecular weight excluding hydrogens is 278 g/mol. The SMILES string of the molecule is COc1ccc2c3c1O[C@H]1C(O)CCC([C@H](N(C)C)C2)[C@@]31C. The lowest BCUT2D eigenvalue weighted by molar-refractivity contribution is -0.0656. The molecule has 22 heavy (non-hydrogen) atoms. The molecule has 1 saturated carbocycles. The molecule has 3 aliphatic rings. The molecule has 0 spiro atoms. The predicted octanol–water partition coefficient (Wildman–Crippen LogP) is 1.97. The lowest BCUT2D eigenvalue weighted by Gasteiger charge is -2.52. The van der Waals surface area contributed by atoms with Crippen LogP contribution in [0, 0.1) is 5.92 Å². The molecule has 0 bridgehead atoms. The molecule has 120 valence electrons. The van der Waals surface area contributed by atoms with E-state index in [0.717, 1.165) is 30.8 Å². The molecule has 0 amide bonds. The van der Waals surface area contributed by atoms with Gasteiger partial charge in [-0.1, -0.05) is 13.0 Å². The van der Waals surface area contributed by atoms with Gasteiger partial charge in [-0.2, -0.15) is 0 Å². The van der Waals surface area contributed by atoms with Crippen LogP contribution < -0.4 is 9.47 Å². The van der Waals surface area contributed by atoms with Crippen molar-refractivity contribution in [3.8, 4) is 11.5 Å². The zero-order chi connectivity index (χ0) is 15.6. The van der Waals surface area contributed by atoms with E-state index in [1.807, 2.05) is 6.07 Å². The maximum atomic E-state index is 10.6. The Morgan fingerprint density at radius 2 is 2.09 bits per heavy atom. The Morgan fingerprint density at radius 3 is 2.77 bits per heavy atom. The van der Waals surface area contributed by atoms with E-state index in [-0.39, 0.29) is 11.5 Å². The molecule has 4 rings (SSSR count). The molecule has 2 aliphatic carbocycles. The van der Waals surface area contributed by atoms with Gasteiger partial charge in [0.05, 0.1) is 13.2 Å². The van der Waals surface area contributed by atoms with Gasteiger partial charge in [-0.3, -0.25) is 0 Å². The van der Waals surface area contributed by atoms with Crippen LogP contribution in [0.4, 0.5) is 0 Å². The minimum absolute atomic E-state index is 0.121. The first-order valence-corrected chi connectivity index (χ1v) is 8.20. The third-order valence-electron chi connectivity index (χ3n) is 6.25. The molecule has 4 heteroatoms. The van der Waals surface area contributed by atoms with E-state index in [1.165, 1.54) is 11.1 Å². The summed E-state index contributed by atoms with van der Waals surface area (Å²) in [7, 11) is 6.02. The standard InChI is InChI=1S/C18H25NO3/c1-18-11-6-7-13(20)17(18)22-16-14(21-4)8-5-10(15(16)18)9-12(11)19(2)3/h5,8,11-13,17,20H,6-7,9H2,1-4H3/t11?,12-,13?,17+,18+/m1/s1. The topological polar surface area (TPSA) is 41.9 Å². The number of methoxy groups -OCH3 is 1. The number of likely N-dealkylation sites (N-methyl/N-ethyl adjacent to an activating group) is 1. The fourth-order valence-corrected chi connectivity index (χ4v) is 5.21. The summed E-state index contributed by atoms with van der Waals surface area (Å²) in [5.74, 6) is 2.18. The Labute approximate surface area is 132 Å². The molecule has 1 heterocycles. The summed E-state index contributed by atoms with van der Waals surface area (Å²) in [6.07, 6.45) is 2.37. The van der Waals surface area contributed by atoms with Crippen LogP contribution >= 0.6 is 0 Å². The lowest BCUT2D eigenvalue weighted by Crippen LogP contribution is -2.60. The first-order chi connectivity index (χ1) is 10.5. The fourth-order valence-electron chi connectivity index (χ4n) is 5.21. The van der Waals surface area contributed by atoms with Crippen LogP contribution in [0.1, 0.15) is 30.9 Å². The number of ether oxygens (including phenoxy) is 2. The zero-order valence-corrected chi connectivity index (χ0v) is 13.8. The average molecular weight is 303 g/mol. The Bertz CT molecular complexity index is 615. The predicted molar refractivity (Wildman–Crippen MR) is 84.7 cm³/mol. The van der Waals surface area contributed by atoms with Crippen molar-refractivity contribution in [1.82, 2.24) is 4.90 Å². The van der Waals surface area contributed by atoms with Gasteiger partial charge in [0.1, 0.15) is 6.10 Å². The molecule has 1 aromatic carbocycles. The van der Waals surface area contributed by atoms with E-state index in [4.69, 9.17) is 9.47 Å². The number of hydrogen-bond acceptors (Lipinski definition) is 4. The van der Waals surface area contributed by atoms with E-state index in [2.05, 4.69) is 32.0 Å². The number of nitrogens with zero attached hydrogens (tertiary/aromatic N) is 1. The number of hydrogen-bond donors (Lipinski definition) is 1. The van der Waals surface area contributed by atoms with E-state index in [9.17, 15) is 5.11 Å². The molecule has 5 atom stereocenters. The molecule has 0 radical (unpaired) electrons. The van der Waals surface area contributed by atoms with Crippen LogP contribution in [0.5, 0.6) is 11.5 Å². The third-order valence-corrected chi connectivity index (χ3v) is 6.25.